The highest BCUT2D eigenvalue weighted by atomic mass is 16.4. The van der Waals surface area contributed by atoms with Gasteiger partial charge in [0.1, 0.15) is 0 Å². The van der Waals surface area contributed by atoms with Gasteiger partial charge in [0.2, 0.25) is 5.91 Å². The fraction of sp³-hybridized carbons (Fsp3) is 0.357. The number of rotatable bonds is 7. The SMILES string of the molecule is CNC(Cc1ccccc1)C(NC(C)=O)(C(=O)O)C(=O)O. The molecule has 1 unspecified atom stereocenters. The first-order chi connectivity index (χ1) is 9.84. The van der Waals surface area contributed by atoms with Crippen molar-refractivity contribution in [1.29, 1.82) is 0 Å². The molecule has 0 aliphatic heterocycles. The van der Waals surface area contributed by atoms with E-state index in [1.807, 2.05) is 0 Å². The van der Waals surface area contributed by atoms with Gasteiger partial charge in [-0.2, -0.15) is 0 Å². The summed E-state index contributed by atoms with van der Waals surface area (Å²) in [5, 5.41) is 23.5. The van der Waals surface area contributed by atoms with Crippen LogP contribution in [0, 0.1) is 0 Å². The molecule has 0 aliphatic carbocycles. The molecular formula is C14H18N2O5. The van der Waals surface area contributed by atoms with E-state index < -0.39 is 29.4 Å². The van der Waals surface area contributed by atoms with Gasteiger partial charge < -0.3 is 20.8 Å². The molecule has 1 amide bonds. The molecule has 1 aromatic rings. The lowest BCUT2D eigenvalue weighted by Gasteiger charge is -2.33. The number of carbonyl (C=O) groups excluding carboxylic acids is 1. The zero-order valence-electron chi connectivity index (χ0n) is 11.8. The summed E-state index contributed by atoms with van der Waals surface area (Å²) in [5.74, 6) is -3.98. The van der Waals surface area contributed by atoms with E-state index in [0.29, 0.717) is 0 Å². The fourth-order valence-electron chi connectivity index (χ4n) is 2.18. The average molecular weight is 294 g/mol. The third-order valence-corrected chi connectivity index (χ3v) is 3.20. The number of carboxylic acids is 2. The second kappa shape index (κ2) is 6.85. The summed E-state index contributed by atoms with van der Waals surface area (Å²) in [6.45, 7) is 1.08. The molecule has 4 N–H and O–H groups in total. The van der Waals surface area contributed by atoms with Gasteiger partial charge in [0.15, 0.2) is 0 Å². The minimum absolute atomic E-state index is 0.135. The highest BCUT2D eigenvalue weighted by molar-refractivity contribution is 6.07. The molecule has 1 rings (SSSR count). The Morgan fingerprint density at radius 2 is 1.67 bits per heavy atom. The molecule has 0 heterocycles. The summed E-state index contributed by atoms with van der Waals surface area (Å²) >= 11 is 0. The van der Waals surface area contributed by atoms with Crippen LogP contribution >= 0.6 is 0 Å². The van der Waals surface area contributed by atoms with Crippen LogP contribution in [0.2, 0.25) is 0 Å². The van der Waals surface area contributed by atoms with Gasteiger partial charge in [0.25, 0.3) is 5.54 Å². The zero-order chi connectivity index (χ0) is 16.0. The lowest BCUT2D eigenvalue weighted by Crippen LogP contribution is -2.70. The fourth-order valence-corrected chi connectivity index (χ4v) is 2.18. The van der Waals surface area contributed by atoms with Crippen LogP contribution in [0.4, 0.5) is 0 Å². The Bertz CT molecular complexity index is 515. The smallest absolute Gasteiger partial charge is 0.342 e. The van der Waals surface area contributed by atoms with Gasteiger partial charge in [-0.25, -0.2) is 9.59 Å². The van der Waals surface area contributed by atoms with E-state index >= 15 is 0 Å². The number of likely N-dealkylation sites (N-methyl/N-ethyl adjacent to an activating group) is 1. The molecule has 0 radical (unpaired) electrons. The van der Waals surface area contributed by atoms with Gasteiger partial charge in [-0.05, 0) is 19.0 Å². The van der Waals surface area contributed by atoms with Crippen molar-refractivity contribution in [2.24, 2.45) is 0 Å². The summed E-state index contributed by atoms with van der Waals surface area (Å²) in [6, 6.07) is 7.83. The van der Waals surface area contributed by atoms with Crippen molar-refractivity contribution < 1.29 is 24.6 Å². The summed E-state index contributed by atoms with van der Waals surface area (Å²) in [5.41, 5.74) is -1.68. The minimum atomic E-state index is -2.43. The highest BCUT2D eigenvalue weighted by Crippen LogP contribution is 2.17. The Balaban J connectivity index is 3.23. The Labute approximate surface area is 122 Å². The first-order valence-electron chi connectivity index (χ1n) is 6.31. The van der Waals surface area contributed by atoms with Crippen molar-refractivity contribution in [3.63, 3.8) is 0 Å². The maximum atomic E-state index is 11.6. The van der Waals surface area contributed by atoms with Gasteiger partial charge in [0.05, 0.1) is 6.04 Å². The maximum absolute atomic E-state index is 11.6. The van der Waals surface area contributed by atoms with Crippen LogP contribution in [0.5, 0.6) is 0 Å². The van der Waals surface area contributed by atoms with Gasteiger partial charge in [0, 0.05) is 6.92 Å². The van der Waals surface area contributed by atoms with Gasteiger partial charge in [-0.3, -0.25) is 4.79 Å². The lowest BCUT2D eigenvalue weighted by atomic mass is 9.85. The first kappa shape index (κ1) is 16.6. The second-order valence-corrected chi connectivity index (χ2v) is 4.63. The monoisotopic (exact) mass is 294 g/mol. The average Bonchev–Trinajstić information content (AvgIpc) is 2.42. The molecule has 1 atom stereocenters. The van der Waals surface area contributed by atoms with E-state index in [9.17, 15) is 24.6 Å². The van der Waals surface area contributed by atoms with Crippen molar-refractivity contribution in [1.82, 2.24) is 10.6 Å². The summed E-state index contributed by atoms with van der Waals surface area (Å²) in [7, 11) is 1.45. The van der Waals surface area contributed by atoms with E-state index in [1.165, 1.54) is 7.05 Å². The summed E-state index contributed by atoms with van der Waals surface area (Å²) in [4.78, 5) is 34.4. The van der Waals surface area contributed by atoms with Crippen molar-refractivity contribution >= 4 is 17.8 Å². The Kier molecular flexibility index (Phi) is 5.43. The van der Waals surface area contributed by atoms with Crippen LogP contribution in [0.15, 0.2) is 30.3 Å². The standard InChI is InChI=1S/C14H18N2O5/c1-9(17)16-14(12(18)19,13(20)21)11(15-2)8-10-6-4-3-5-7-10/h3-7,11,15H,8H2,1-2H3,(H,16,17)(H,18,19)(H,20,21). The molecule has 0 bridgehead atoms. The number of benzene rings is 1. The van der Waals surface area contributed by atoms with Crippen LogP contribution in [-0.4, -0.2) is 46.7 Å². The third kappa shape index (κ3) is 3.57. The number of carboxylic acid groups (broad SMARTS) is 2. The minimum Gasteiger partial charge on any atom is -0.479 e. The Morgan fingerprint density at radius 1 is 1.14 bits per heavy atom. The van der Waals surface area contributed by atoms with Crippen LogP contribution in [-0.2, 0) is 20.8 Å². The summed E-state index contributed by atoms with van der Waals surface area (Å²) < 4.78 is 0. The second-order valence-electron chi connectivity index (χ2n) is 4.63. The normalized spacial score (nSPS) is 12.5. The number of amides is 1. The molecule has 0 saturated heterocycles. The number of hydrogen-bond donors (Lipinski definition) is 4. The van der Waals surface area contributed by atoms with Gasteiger partial charge in [-0.15, -0.1) is 0 Å². The molecule has 0 aliphatic rings. The molecule has 0 fully saturated rings. The topological polar surface area (TPSA) is 116 Å². The van der Waals surface area contributed by atoms with Crippen molar-refractivity contribution in [3.05, 3.63) is 35.9 Å². The summed E-state index contributed by atoms with van der Waals surface area (Å²) in [6.07, 6.45) is 0.135. The lowest BCUT2D eigenvalue weighted by molar-refractivity contribution is -0.163. The van der Waals surface area contributed by atoms with Crippen LogP contribution < -0.4 is 10.6 Å². The molecule has 0 spiro atoms. The molecular weight excluding hydrogens is 276 g/mol. The number of carbonyl (C=O) groups is 3. The highest BCUT2D eigenvalue weighted by Gasteiger charge is 2.53. The van der Waals surface area contributed by atoms with E-state index in [4.69, 9.17) is 0 Å². The number of nitrogens with one attached hydrogen (secondary N) is 2. The number of hydrogen-bond acceptors (Lipinski definition) is 4. The molecule has 0 aromatic heterocycles. The Morgan fingerprint density at radius 3 is 2.05 bits per heavy atom. The van der Waals surface area contributed by atoms with E-state index in [-0.39, 0.29) is 6.42 Å². The van der Waals surface area contributed by atoms with Crippen molar-refractivity contribution in [3.8, 4) is 0 Å². The molecule has 7 heteroatoms. The quantitative estimate of drug-likeness (QED) is 0.520. The van der Waals surface area contributed by atoms with E-state index in [1.54, 1.807) is 30.3 Å². The van der Waals surface area contributed by atoms with Crippen LogP contribution in [0.1, 0.15) is 12.5 Å². The molecule has 7 nitrogen and oxygen atoms in total. The molecule has 1 aromatic carbocycles. The largest absolute Gasteiger partial charge is 0.479 e. The first-order valence-corrected chi connectivity index (χ1v) is 6.31. The zero-order valence-corrected chi connectivity index (χ0v) is 11.8. The molecule has 114 valence electrons. The van der Waals surface area contributed by atoms with E-state index in [2.05, 4.69) is 10.6 Å². The van der Waals surface area contributed by atoms with Gasteiger partial charge in [-0.1, -0.05) is 30.3 Å². The predicted molar refractivity (Wildman–Crippen MR) is 74.8 cm³/mol. The predicted octanol–water partition coefficient (Wildman–Crippen LogP) is -0.139. The van der Waals surface area contributed by atoms with Crippen molar-refractivity contribution in [2.45, 2.75) is 24.9 Å². The van der Waals surface area contributed by atoms with Crippen LogP contribution in [0.25, 0.3) is 0 Å². The maximum Gasteiger partial charge on any atom is 0.342 e. The van der Waals surface area contributed by atoms with Crippen molar-refractivity contribution in [2.75, 3.05) is 7.05 Å². The van der Waals surface area contributed by atoms with Crippen LogP contribution in [0.3, 0.4) is 0 Å². The Hall–Kier alpha value is -2.41. The van der Waals surface area contributed by atoms with E-state index in [0.717, 1.165) is 12.5 Å². The molecule has 0 saturated carbocycles. The third-order valence-electron chi connectivity index (χ3n) is 3.20. The molecule has 21 heavy (non-hydrogen) atoms. The number of aliphatic carboxylic acids is 2. The van der Waals surface area contributed by atoms with Gasteiger partial charge >= 0.3 is 11.9 Å².